The number of aryl methyl sites for hydroxylation is 3. The first-order valence-electron chi connectivity index (χ1n) is 7.31. The smallest absolute Gasteiger partial charge is 0.176 e. The Labute approximate surface area is 127 Å². The highest BCUT2D eigenvalue weighted by atomic mass is 16.3. The lowest BCUT2D eigenvalue weighted by Gasteiger charge is -2.04. The van der Waals surface area contributed by atoms with Crippen LogP contribution in [0.5, 0.6) is 0 Å². The van der Waals surface area contributed by atoms with Gasteiger partial charge < -0.3 is 14.0 Å². The zero-order chi connectivity index (χ0) is 14.9. The van der Waals surface area contributed by atoms with Gasteiger partial charge in [-0.1, -0.05) is 12.1 Å². The number of rotatable bonds is 4. The van der Waals surface area contributed by atoms with E-state index >= 15 is 0 Å². The largest absolute Gasteiger partial charge is 0.458 e. The second-order valence-corrected chi connectivity index (χ2v) is 5.31. The summed E-state index contributed by atoms with van der Waals surface area (Å²) in [6, 6.07) is 12.0. The third-order valence-corrected chi connectivity index (χ3v) is 3.70. The molecular weight excluding hydrogens is 276 g/mol. The highest BCUT2D eigenvalue weighted by Gasteiger charge is 2.10. The Bertz CT molecular complexity index is 882. The number of furan rings is 1. The third-order valence-electron chi connectivity index (χ3n) is 3.70. The second-order valence-electron chi connectivity index (χ2n) is 5.31. The average Bonchev–Trinajstić information content (AvgIpc) is 3.23. The summed E-state index contributed by atoms with van der Waals surface area (Å²) in [5.41, 5.74) is 2.08. The van der Waals surface area contributed by atoms with E-state index in [1.807, 2.05) is 49.5 Å². The van der Waals surface area contributed by atoms with Gasteiger partial charge >= 0.3 is 0 Å². The molecule has 110 valence electrons. The molecule has 0 fully saturated rings. The SMILES string of the molecule is Cc1ccc(-c2nccn2CCc2nc3ccccc3[nH]2)o1. The van der Waals surface area contributed by atoms with Crippen molar-refractivity contribution < 1.29 is 4.42 Å². The van der Waals surface area contributed by atoms with Gasteiger partial charge in [0.1, 0.15) is 11.6 Å². The fourth-order valence-electron chi connectivity index (χ4n) is 2.62. The maximum absolute atomic E-state index is 5.66. The van der Waals surface area contributed by atoms with Gasteiger partial charge in [-0.2, -0.15) is 0 Å². The van der Waals surface area contributed by atoms with Crippen LogP contribution in [0.4, 0.5) is 0 Å². The topological polar surface area (TPSA) is 59.6 Å². The van der Waals surface area contributed by atoms with Crippen molar-refractivity contribution in [2.45, 2.75) is 19.9 Å². The number of benzene rings is 1. The summed E-state index contributed by atoms with van der Waals surface area (Å²) < 4.78 is 7.75. The molecule has 0 atom stereocenters. The summed E-state index contributed by atoms with van der Waals surface area (Å²) in [5.74, 6) is 3.52. The number of imidazole rings is 2. The van der Waals surface area contributed by atoms with Crippen LogP contribution in [-0.2, 0) is 13.0 Å². The number of nitrogens with zero attached hydrogens (tertiary/aromatic N) is 3. The first-order valence-corrected chi connectivity index (χ1v) is 7.31. The van der Waals surface area contributed by atoms with E-state index < -0.39 is 0 Å². The van der Waals surface area contributed by atoms with E-state index in [0.717, 1.165) is 47.2 Å². The summed E-state index contributed by atoms with van der Waals surface area (Å²) in [7, 11) is 0. The van der Waals surface area contributed by atoms with E-state index in [1.54, 1.807) is 6.20 Å². The van der Waals surface area contributed by atoms with Crippen LogP contribution in [0.1, 0.15) is 11.6 Å². The minimum atomic E-state index is 0.798. The van der Waals surface area contributed by atoms with Gasteiger partial charge in [-0.15, -0.1) is 0 Å². The van der Waals surface area contributed by atoms with Crippen LogP contribution >= 0.6 is 0 Å². The molecule has 0 aliphatic carbocycles. The molecule has 0 amide bonds. The standard InChI is InChI=1S/C17H16N4O/c1-12-6-7-15(22-12)17-18-9-11-21(17)10-8-16-19-13-4-2-3-5-14(13)20-16/h2-7,9,11H,8,10H2,1H3,(H,19,20). The van der Waals surface area contributed by atoms with Crippen LogP contribution < -0.4 is 0 Å². The summed E-state index contributed by atoms with van der Waals surface area (Å²) in [6.45, 7) is 2.74. The summed E-state index contributed by atoms with van der Waals surface area (Å²) >= 11 is 0. The highest BCUT2D eigenvalue weighted by Crippen LogP contribution is 2.20. The fraction of sp³-hybridized carbons (Fsp3) is 0.176. The van der Waals surface area contributed by atoms with Crippen LogP contribution in [0, 0.1) is 6.92 Å². The normalized spacial score (nSPS) is 11.3. The van der Waals surface area contributed by atoms with Gasteiger partial charge in [0.25, 0.3) is 0 Å². The predicted octanol–water partition coefficient (Wildman–Crippen LogP) is 3.57. The van der Waals surface area contributed by atoms with Gasteiger partial charge in [-0.25, -0.2) is 9.97 Å². The molecule has 0 saturated heterocycles. The van der Waals surface area contributed by atoms with E-state index in [9.17, 15) is 0 Å². The minimum absolute atomic E-state index is 0.798. The van der Waals surface area contributed by atoms with Gasteiger partial charge in [0.15, 0.2) is 11.6 Å². The molecule has 4 aromatic rings. The van der Waals surface area contributed by atoms with E-state index in [4.69, 9.17) is 4.42 Å². The van der Waals surface area contributed by atoms with E-state index in [0.29, 0.717) is 0 Å². The molecule has 3 aromatic heterocycles. The fourth-order valence-corrected chi connectivity index (χ4v) is 2.62. The highest BCUT2D eigenvalue weighted by molar-refractivity contribution is 5.74. The van der Waals surface area contributed by atoms with Gasteiger partial charge in [-0.3, -0.25) is 0 Å². The van der Waals surface area contributed by atoms with Crippen molar-refractivity contribution >= 4 is 11.0 Å². The van der Waals surface area contributed by atoms with E-state index in [2.05, 4.69) is 19.5 Å². The Morgan fingerprint density at radius 1 is 1.18 bits per heavy atom. The van der Waals surface area contributed by atoms with Crippen LogP contribution in [0.2, 0.25) is 0 Å². The summed E-state index contributed by atoms with van der Waals surface area (Å²) in [6.07, 6.45) is 4.58. The van der Waals surface area contributed by atoms with Crippen molar-refractivity contribution in [3.63, 3.8) is 0 Å². The van der Waals surface area contributed by atoms with Crippen molar-refractivity contribution in [2.24, 2.45) is 0 Å². The number of aromatic amines is 1. The molecule has 22 heavy (non-hydrogen) atoms. The maximum Gasteiger partial charge on any atom is 0.176 e. The van der Waals surface area contributed by atoms with Crippen molar-refractivity contribution in [3.05, 3.63) is 60.4 Å². The minimum Gasteiger partial charge on any atom is -0.458 e. The maximum atomic E-state index is 5.66. The first-order chi connectivity index (χ1) is 10.8. The molecule has 0 radical (unpaired) electrons. The Morgan fingerprint density at radius 2 is 2.09 bits per heavy atom. The monoisotopic (exact) mass is 292 g/mol. The molecule has 0 unspecified atom stereocenters. The number of para-hydroxylation sites is 2. The number of hydrogen-bond donors (Lipinski definition) is 1. The molecular formula is C17H16N4O. The Kier molecular flexibility index (Phi) is 3.04. The molecule has 1 N–H and O–H groups in total. The number of hydrogen-bond acceptors (Lipinski definition) is 3. The zero-order valence-electron chi connectivity index (χ0n) is 12.3. The molecule has 1 aromatic carbocycles. The molecule has 5 nitrogen and oxygen atoms in total. The van der Waals surface area contributed by atoms with Crippen LogP contribution in [0.25, 0.3) is 22.6 Å². The molecule has 0 spiro atoms. The quantitative estimate of drug-likeness (QED) is 0.625. The molecule has 4 rings (SSSR count). The summed E-state index contributed by atoms with van der Waals surface area (Å²) in [5, 5.41) is 0. The van der Waals surface area contributed by atoms with E-state index in [1.165, 1.54) is 0 Å². The lowest BCUT2D eigenvalue weighted by atomic mass is 10.3. The number of H-pyrrole nitrogens is 1. The number of fused-ring (bicyclic) bond motifs is 1. The molecule has 0 aliphatic rings. The van der Waals surface area contributed by atoms with Gasteiger partial charge in [0.2, 0.25) is 0 Å². The van der Waals surface area contributed by atoms with Gasteiger partial charge in [0, 0.05) is 25.4 Å². The zero-order valence-corrected chi connectivity index (χ0v) is 12.3. The first kappa shape index (κ1) is 12.9. The molecule has 0 bridgehead atoms. The molecule has 0 aliphatic heterocycles. The number of nitrogens with one attached hydrogen (secondary N) is 1. The Hall–Kier alpha value is -2.82. The lowest BCUT2D eigenvalue weighted by molar-refractivity contribution is 0.537. The van der Waals surface area contributed by atoms with E-state index in [-0.39, 0.29) is 0 Å². The van der Waals surface area contributed by atoms with Crippen LogP contribution in [-0.4, -0.2) is 19.5 Å². The van der Waals surface area contributed by atoms with Crippen molar-refractivity contribution in [1.82, 2.24) is 19.5 Å². The average molecular weight is 292 g/mol. The third kappa shape index (κ3) is 2.30. The Morgan fingerprint density at radius 3 is 2.91 bits per heavy atom. The summed E-state index contributed by atoms with van der Waals surface area (Å²) in [4.78, 5) is 12.4. The van der Waals surface area contributed by atoms with Gasteiger partial charge in [0.05, 0.1) is 11.0 Å². The van der Waals surface area contributed by atoms with Crippen molar-refractivity contribution in [1.29, 1.82) is 0 Å². The predicted molar refractivity (Wildman–Crippen MR) is 84.5 cm³/mol. The Balaban J connectivity index is 1.56. The van der Waals surface area contributed by atoms with Gasteiger partial charge in [-0.05, 0) is 31.2 Å². The van der Waals surface area contributed by atoms with Crippen molar-refractivity contribution in [3.8, 4) is 11.6 Å². The number of aromatic nitrogens is 4. The lowest BCUT2D eigenvalue weighted by Crippen LogP contribution is -2.03. The van der Waals surface area contributed by atoms with Crippen LogP contribution in [0.3, 0.4) is 0 Å². The molecule has 0 saturated carbocycles. The molecule has 5 heteroatoms. The van der Waals surface area contributed by atoms with Crippen LogP contribution in [0.15, 0.2) is 53.2 Å². The van der Waals surface area contributed by atoms with Crippen molar-refractivity contribution in [2.75, 3.05) is 0 Å². The second kappa shape index (κ2) is 5.18. The molecule has 3 heterocycles.